The number of piperazine rings is 1. The van der Waals surface area contributed by atoms with Crippen LogP contribution in [0.4, 0.5) is 0 Å². The molecule has 1 saturated heterocycles. The molecule has 1 aliphatic heterocycles. The third-order valence-corrected chi connectivity index (χ3v) is 5.60. The number of carbonyl (C=O) groups is 2. The number of carbonyl (C=O) groups excluding carboxylic acids is 2. The molecule has 2 N–H and O–H groups in total. The quantitative estimate of drug-likeness (QED) is 0.842. The molecule has 7 heteroatoms. The smallest absolute Gasteiger partial charge is 0.257 e. The molecule has 2 heterocycles. The van der Waals surface area contributed by atoms with E-state index in [0.29, 0.717) is 38.1 Å². The minimum Gasteiger partial charge on any atom is -0.368 e. The van der Waals surface area contributed by atoms with E-state index >= 15 is 0 Å². The topological polar surface area (TPSA) is 84.5 Å². The van der Waals surface area contributed by atoms with Crippen molar-refractivity contribution in [1.82, 2.24) is 19.6 Å². The van der Waals surface area contributed by atoms with E-state index in [-0.39, 0.29) is 17.9 Å². The van der Waals surface area contributed by atoms with Gasteiger partial charge >= 0.3 is 0 Å². The van der Waals surface area contributed by atoms with Gasteiger partial charge in [0.1, 0.15) is 0 Å². The first-order chi connectivity index (χ1) is 11.9. The Morgan fingerprint density at radius 1 is 1.24 bits per heavy atom. The molecule has 0 radical (unpaired) electrons. The zero-order chi connectivity index (χ0) is 18.1. The Labute approximate surface area is 149 Å². The summed E-state index contributed by atoms with van der Waals surface area (Å²) < 4.78 is 2.05. The van der Waals surface area contributed by atoms with E-state index in [1.165, 1.54) is 0 Å². The lowest BCUT2D eigenvalue weighted by Crippen LogP contribution is -2.54. The van der Waals surface area contributed by atoms with Gasteiger partial charge in [-0.15, -0.1) is 0 Å². The van der Waals surface area contributed by atoms with Crippen LogP contribution in [0.1, 0.15) is 68.0 Å². The van der Waals surface area contributed by atoms with Crippen LogP contribution in [0.15, 0.2) is 6.20 Å². The molecule has 2 atom stereocenters. The van der Waals surface area contributed by atoms with Crippen LogP contribution in [0.5, 0.6) is 0 Å². The molecule has 7 nitrogen and oxygen atoms in total. The lowest BCUT2D eigenvalue weighted by molar-refractivity contribution is -0.123. The van der Waals surface area contributed by atoms with Gasteiger partial charge in [0.15, 0.2) is 0 Å². The highest BCUT2D eigenvalue weighted by atomic mass is 16.2. The van der Waals surface area contributed by atoms with E-state index in [1.807, 2.05) is 16.7 Å². The average molecular weight is 347 g/mol. The summed E-state index contributed by atoms with van der Waals surface area (Å²) in [7, 11) is 0. The number of hydrogen-bond donors (Lipinski definition) is 1. The van der Waals surface area contributed by atoms with E-state index in [9.17, 15) is 9.59 Å². The predicted octanol–water partition coefficient (Wildman–Crippen LogP) is 1.36. The molecule has 2 amide bonds. The molecule has 25 heavy (non-hydrogen) atoms. The van der Waals surface area contributed by atoms with Crippen molar-refractivity contribution in [3.8, 4) is 0 Å². The Morgan fingerprint density at radius 3 is 2.40 bits per heavy atom. The number of primary amides is 1. The van der Waals surface area contributed by atoms with Gasteiger partial charge in [-0.3, -0.25) is 19.2 Å². The fourth-order valence-electron chi connectivity index (χ4n) is 3.49. The zero-order valence-electron chi connectivity index (χ0n) is 15.4. The van der Waals surface area contributed by atoms with Gasteiger partial charge in [-0.1, -0.05) is 6.92 Å². The normalized spacial score (nSPS) is 21.2. The van der Waals surface area contributed by atoms with Crippen LogP contribution >= 0.6 is 0 Å². The van der Waals surface area contributed by atoms with E-state index in [0.717, 1.165) is 30.5 Å². The van der Waals surface area contributed by atoms with Gasteiger partial charge in [-0.25, -0.2) is 0 Å². The highest BCUT2D eigenvalue weighted by Gasteiger charge is 2.35. The van der Waals surface area contributed by atoms with Crippen LogP contribution in [-0.2, 0) is 4.79 Å². The van der Waals surface area contributed by atoms with Crippen LogP contribution in [0, 0.1) is 0 Å². The Morgan fingerprint density at radius 2 is 1.88 bits per heavy atom. The van der Waals surface area contributed by atoms with E-state index in [2.05, 4.69) is 23.6 Å². The summed E-state index contributed by atoms with van der Waals surface area (Å²) in [6.07, 6.45) is 5.04. The number of nitrogens with zero attached hydrogens (tertiary/aromatic N) is 4. The van der Waals surface area contributed by atoms with E-state index in [4.69, 9.17) is 5.73 Å². The SMILES string of the molecule is CC[C@@H](C)n1ncc(C(=O)N2CCN([C@@H](C)C(N)=O)CC2)c1C1CC1. The molecule has 2 aliphatic rings. The van der Waals surface area contributed by atoms with Gasteiger partial charge in [-0.2, -0.15) is 5.10 Å². The van der Waals surface area contributed by atoms with Crippen molar-refractivity contribution in [3.63, 3.8) is 0 Å². The molecule has 0 spiro atoms. The Bertz CT molecular complexity index is 644. The van der Waals surface area contributed by atoms with Crippen molar-refractivity contribution < 1.29 is 9.59 Å². The van der Waals surface area contributed by atoms with Gasteiger partial charge in [-0.05, 0) is 33.1 Å². The fourth-order valence-corrected chi connectivity index (χ4v) is 3.49. The molecule has 1 aromatic heterocycles. The first-order valence-corrected chi connectivity index (χ1v) is 9.34. The van der Waals surface area contributed by atoms with Gasteiger partial charge in [0.05, 0.1) is 23.5 Å². The third-order valence-electron chi connectivity index (χ3n) is 5.60. The van der Waals surface area contributed by atoms with Crippen LogP contribution in [0.3, 0.4) is 0 Å². The number of aromatic nitrogens is 2. The largest absolute Gasteiger partial charge is 0.368 e. The molecule has 0 aromatic carbocycles. The second-order valence-corrected chi connectivity index (χ2v) is 7.33. The minimum atomic E-state index is -0.314. The summed E-state index contributed by atoms with van der Waals surface area (Å²) in [6.45, 7) is 8.70. The highest BCUT2D eigenvalue weighted by molar-refractivity contribution is 5.95. The van der Waals surface area contributed by atoms with Crippen molar-refractivity contribution in [2.45, 2.75) is 58.0 Å². The number of rotatable bonds is 6. The van der Waals surface area contributed by atoms with Crippen LogP contribution in [0.25, 0.3) is 0 Å². The predicted molar refractivity (Wildman–Crippen MR) is 95.3 cm³/mol. The van der Waals surface area contributed by atoms with Crippen LogP contribution in [-0.4, -0.2) is 63.6 Å². The van der Waals surface area contributed by atoms with Crippen molar-refractivity contribution in [3.05, 3.63) is 17.5 Å². The lowest BCUT2D eigenvalue weighted by Gasteiger charge is -2.37. The number of amides is 2. The summed E-state index contributed by atoms with van der Waals surface area (Å²) in [5.41, 5.74) is 7.27. The molecular formula is C18H29N5O2. The Hall–Kier alpha value is -1.89. The van der Waals surface area contributed by atoms with Crippen molar-refractivity contribution in [2.24, 2.45) is 5.73 Å². The molecule has 138 valence electrons. The van der Waals surface area contributed by atoms with Gasteiger partial charge in [0.25, 0.3) is 5.91 Å². The number of nitrogens with two attached hydrogens (primary N) is 1. The third kappa shape index (κ3) is 3.56. The maximum absolute atomic E-state index is 13.0. The average Bonchev–Trinajstić information content (AvgIpc) is 3.37. The van der Waals surface area contributed by atoms with Crippen molar-refractivity contribution in [1.29, 1.82) is 0 Å². The summed E-state index contributed by atoms with van der Waals surface area (Å²) in [6, 6.07) is 0.0258. The second kappa shape index (κ2) is 7.15. The molecule has 3 rings (SSSR count). The monoisotopic (exact) mass is 347 g/mol. The maximum Gasteiger partial charge on any atom is 0.257 e. The second-order valence-electron chi connectivity index (χ2n) is 7.33. The standard InChI is InChI=1S/C18H29N5O2/c1-4-12(2)23-16(14-5-6-14)15(11-20-23)18(25)22-9-7-21(8-10-22)13(3)17(19)24/h11-14H,4-10H2,1-3H3,(H2,19,24)/t12-,13+/m1/s1. The molecule has 1 saturated carbocycles. The van der Waals surface area contributed by atoms with Gasteiger partial charge in [0, 0.05) is 38.1 Å². The summed E-state index contributed by atoms with van der Waals surface area (Å²) in [5.74, 6) is 0.236. The summed E-state index contributed by atoms with van der Waals surface area (Å²) >= 11 is 0. The first-order valence-electron chi connectivity index (χ1n) is 9.34. The molecule has 1 aromatic rings. The maximum atomic E-state index is 13.0. The van der Waals surface area contributed by atoms with E-state index in [1.54, 1.807) is 6.20 Å². The highest BCUT2D eigenvalue weighted by Crippen LogP contribution is 2.43. The minimum absolute atomic E-state index is 0.0721. The summed E-state index contributed by atoms with van der Waals surface area (Å²) in [5, 5.41) is 4.53. The Kier molecular flexibility index (Phi) is 5.13. The Balaban J connectivity index is 1.72. The molecule has 0 bridgehead atoms. The summed E-state index contributed by atoms with van der Waals surface area (Å²) in [4.78, 5) is 28.3. The van der Waals surface area contributed by atoms with Crippen LogP contribution < -0.4 is 5.73 Å². The molecular weight excluding hydrogens is 318 g/mol. The van der Waals surface area contributed by atoms with Gasteiger partial charge < -0.3 is 10.6 Å². The lowest BCUT2D eigenvalue weighted by atomic mass is 10.1. The molecule has 2 fully saturated rings. The van der Waals surface area contributed by atoms with E-state index < -0.39 is 0 Å². The van der Waals surface area contributed by atoms with Crippen molar-refractivity contribution in [2.75, 3.05) is 26.2 Å². The zero-order valence-corrected chi connectivity index (χ0v) is 15.4. The molecule has 0 unspecified atom stereocenters. The first kappa shape index (κ1) is 17.9. The van der Waals surface area contributed by atoms with Crippen LogP contribution in [0.2, 0.25) is 0 Å². The number of hydrogen-bond acceptors (Lipinski definition) is 4. The molecule has 1 aliphatic carbocycles. The fraction of sp³-hybridized carbons (Fsp3) is 0.722. The van der Waals surface area contributed by atoms with Gasteiger partial charge in [0.2, 0.25) is 5.91 Å². The van der Waals surface area contributed by atoms with Crippen molar-refractivity contribution >= 4 is 11.8 Å².